The van der Waals surface area contributed by atoms with Crippen molar-refractivity contribution < 1.29 is 5.11 Å². The Morgan fingerprint density at radius 1 is 1.25 bits per heavy atom. The lowest BCUT2D eigenvalue weighted by Crippen LogP contribution is -2.33. The van der Waals surface area contributed by atoms with Crippen LogP contribution >= 0.6 is 0 Å². The summed E-state index contributed by atoms with van der Waals surface area (Å²) in [5.74, 6) is 6.92. The third-order valence-corrected chi connectivity index (χ3v) is 6.22. The maximum absolute atomic E-state index is 9.64. The molecule has 3 N–H and O–H groups in total. The van der Waals surface area contributed by atoms with Gasteiger partial charge in [0.1, 0.15) is 5.69 Å². The largest absolute Gasteiger partial charge is 0.392 e. The van der Waals surface area contributed by atoms with Crippen LogP contribution in [0.1, 0.15) is 53.9 Å². The summed E-state index contributed by atoms with van der Waals surface area (Å²) in [6, 6.07) is 4.17. The number of aryl methyl sites for hydroxylation is 3. The van der Waals surface area contributed by atoms with Crippen LogP contribution in [0.3, 0.4) is 0 Å². The van der Waals surface area contributed by atoms with Gasteiger partial charge in [-0.1, -0.05) is 13.0 Å². The van der Waals surface area contributed by atoms with Gasteiger partial charge in [0, 0.05) is 6.20 Å². The summed E-state index contributed by atoms with van der Waals surface area (Å²) in [5.41, 5.74) is 7.03. The summed E-state index contributed by atoms with van der Waals surface area (Å²) in [5, 5.41) is 14.3. The van der Waals surface area contributed by atoms with E-state index in [0.29, 0.717) is 22.8 Å². The molecule has 0 radical (unpaired) electrons. The van der Waals surface area contributed by atoms with E-state index in [9.17, 15) is 5.11 Å². The quantitative estimate of drug-likeness (QED) is 0.599. The highest BCUT2D eigenvalue weighted by Crippen LogP contribution is 2.27. The molecule has 1 aliphatic rings. The number of aromatic nitrogens is 4. The predicted molar refractivity (Wildman–Crippen MR) is 127 cm³/mol. The molecule has 3 aromatic rings. The van der Waals surface area contributed by atoms with E-state index < -0.39 is 0 Å². The summed E-state index contributed by atoms with van der Waals surface area (Å²) in [6.45, 7) is 8.14. The number of piperidine rings is 1. The molecular weight excluding hydrogens is 402 g/mol. The van der Waals surface area contributed by atoms with Gasteiger partial charge in [0.25, 0.3) is 0 Å². The standard InChI is InChI=1S/C24H33N7O/c1-5-20-23-13-22(28-31(23)14-17(3)26-20)21(8-11-32)27-24-16(2)12-19(15-30(24)25)18-6-9-29(4)10-7-18/h8,12-15,18,32H,5-7,9-11,25H2,1-4H3/b21-8-,27-24?. The molecule has 0 spiro atoms. The van der Waals surface area contributed by atoms with Gasteiger partial charge < -0.3 is 15.8 Å². The second kappa shape index (κ2) is 9.26. The molecule has 8 nitrogen and oxygen atoms in total. The van der Waals surface area contributed by atoms with Gasteiger partial charge in [0.05, 0.1) is 35.4 Å². The van der Waals surface area contributed by atoms with Gasteiger partial charge in [0.15, 0.2) is 5.49 Å². The molecule has 0 aliphatic carbocycles. The topological polar surface area (TPSA) is 97.0 Å². The molecule has 0 unspecified atom stereocenters. The zero-order chi connectivity index (χ0) is 22.8. The highest BCUT2D eigenvalue weighted by atomic mass is 16.2. The molecule has 0 bridgehead atoms. The SMILES string of the molecule is CCc1nc(C)cn2nc(/C(=C/CO)N=c3c(C)cc(C4CCN(C)CC4)cn3N)cc12. The molecule has 1 fully saturated rings. The summed E-state index contributed by atoms with van der Waals surface area (Å²) >= 11 is 0. The number of fused-ring (bicyclic) bond motifs is 1. The molecular formula is C24H33N7O. The summed E-state index contributed by atoms with van der Waals surface area (Å²) in [4.78, 5) is 11.8. The maximum atomic E-state index is 9.64. The van der Waals surface area contributed by atoms with Gasteiger partial charge in [-0.2, -0.15) is 5.10 Å². The van der Waals surface area contributed by atoms with Crippen LogP contribution in [0.5, 0.6) is 0 Å². The minimum atomic E-state index is -0.137. The molecule has 1 saturated heterocycles. The van der Waals surface area contributed by atoms with Gasteiger partial charge in [-0.05, 0) is 82.4 Å². The molecule has 0 atom stereocenters. The Balaban J connectivity index is 1.75. The molecule has 0 saturated carbocycles. The number of pyridine rings is 1. The number of rotatable bonds is 5. The van der Waals surface area contributed by atoms with Crippen LogP contribution < -0.4 is 11.3 Å². The number of nitrogen functional groups attached to an aromatic ring is 1. The summed E-state index contributed by atoms with van der Waals surface area (Å²) in [6.07, 6.45) is 8.64. The van der Waals surface area contributed by atoms with Gasteiger partial charge in [-0.25, -0.2) is 9.51 Å². The van der Waals surface area contributed by atoms with Crippen LogP contribution in [0.15, 0.2) is 35.6 Å². The maximum Gasteiger partial charge on any atom is 0.154 e. The lowest BCUT2D eigenvalue weighted by atomic mass is 9.90. The van der Waals surface area contributed by atoms with Gasteiger partial charge >= 0.3 is 0 Å². The normalized spacial score (nSPS) is 16.9. The van der Waals surface area contributed by atoms with E-state index in [0.717, 1.165) is 54.8 Å². The predicted octanol–water partition coefficient (Wildman–Crippen LogP) is 2.17. The second-order valence-electron chi connectivity index (χ2n) is 8.69. The average Bonchev–Trinajstić information content (AvgIpc) is 3.19. The van der Waals surface area contributed by atoms with Crippen LogP contribution in [0.4, 0.5) is 0 Å². The number of hydrogen-bond acceptors (Lipinski definition) is 6. The smallest absolute Gasteiger partial charge is 0.154 e. The molecule has 4 heterocycles. The number of aliphatic hydroxyl groups is 1. The number of aliphatic hydroxyl groups excluding tert-OH is 1. The Labute approximate surface area is 188 Å². The Bertz CT molecular complexity index is 1190. The van der Waals surface area contributed by atoms with Crippen LogP contribution in [0, 0.1) is 13.8 Å². The summed E-state index contributed by atoms with van der Waals surface area (Å²) in [7, 11) is 2.17. The van der Waals surface area contributed by atoms with Gasteiger partial charge in [-0.3, -0.25) is 9.66 Å². The molecule has 170 valence electrons. The van der Waals surface area contributed by atoms with Crippen molar-refractivity contribution in [1.82, 2.24) is 24.2 Å². The molecule has 0 aromatic carbocycles. The van der Waals surface area contributed by atoms with E-state index in [-0.39, 0.29) is 6.61 Å². The van der Waals surface area contributed by atoms with E-state index >= 15 is 0 Å². The zero-order valence-electron chi connectivity index (χ0n) is 19.4. The zero-order valence-corrected chi connectivity index (χ0v) is 19.4. The third kappa shape index (κ3) is 4.47. The Kier molecular flexibility index (Phi) is 6.43. The van der Waals surface area contributed by atoms with Gasteiger partial charge in [-0.15, -0.1) is 0 Å². The minimum absolute atomic E-state index is 0.137. The van der Waals surface area contributed by atoms with E-state index in [2.05, 4.69) is 29.9 Å². The fourth-order valence-corrected chi connectivity index (χ4v) is 4.47. The Hall–Kier alpha value is -2.97. The number of nitrogens with two attached hydrogens (primary N) is 1. The highest BCUT2D eigenvalue weighted by molar-refractivity contribution is 5.67. The minimum Gasteiger partial charge on any atom is -0.392 e. The Morgan fingerprint density at radius 3 is 2.66 bits per heavy atom. The van der Waals surface area contributed by atoms with Crippen molar-refractivity contribution in [3.05, 3.63) is 64.3 Å². The van der Waals surface area contributed by atoms with Crippen LogP contribution in [0.2, 0.25) is 0 Å². The lowest BCUT2D eigenvalue weighted by molar-refractivity contribution is 0.255. The third-order valence-electron chi connectivity index (χ3n) is 6.22. The number of nitrogens with zero attached hydrogens (tertiary/aromatic N) is 6. The first-order chi connectivity index (χ1) is 15.4. The van der Waals surface area contributed by atoms with Crippen molar-refractivity contribution in [2.24, 2.45) is 4.99 Å². The van der Waals surface area contributed by atoms with E-state index in [1.807, 2.05) is 36.8 Å². The van der Waals surface area contributed by atoms with Crippen molar-refractivity contribution in [2.75, 3.05) is 32.6 Å². The lowest BCUT2D eigenvalue weighted by Gasteiger charge is -2.29. The van der Waals surface area contributed by atoms with Gasteiger partial charge in [0.2, 0.25) is 0 Å². The van der Waals surface area contributed by atoms with Crippen LogP contribution in [-0.4, -0.2) is 56.0 Å². The van der Waals surface area contributed by atoms with E-state index in [1.54, 1.807) is 10.8 Å². The molecule has 1 aliphatic heterocycles. The molecule has 3 aromatic heterocycles. The average molecular weight is 436 g/mol. The van der Waals surface area contributed by atoms with Crippen molar-refractivity contribution in [2.45, 2.75) is 46.0 Å². The first-order valence-corrected chi connectivity index (χ1v) is 11.3. The fraction of sp³-hybridized carbons (Fsp3) is 0.458. The Morgan fingerprint density at radius 2 is 2.00 bits per heavy atom. The van der Waals surface area contributed by atoms with Crippen molar-refractivity contribution >= 4 is 11.2 Å². The van der Waals surface area contributed by atoms with Crippen molar-refractivity contribution in [1.29, 1.82) is 0 Å². The first kappa shape index (κ1) is 22.2. The van der Waals surface area contributed by atoms with Crippen molar-refractivity contribution in [3.63, 3.8) is 0 Å². The molecule has 4 rings (SSSR count). The number of hydrogen-bond donors (Lipinski definition) is 2. The monoisotopic (exact) mass is 435 g/mol. The first-order valence-electron chi connectivity index (χ1n) is 11.3. The van der Waals surface area contributed by atoms with Crippen LogP contribution in [0.25, 0.3) is 11.2 Å². The highest BCUT2D eigenvalue weighted by Gasteiger charge is 2.19. The van der Waals surface area contributed by atoms with Crippen LogP contribution in [-0.2, 0) is 6.42 Å². The molecule has 8 heteroatoms. The van der Waals surface area contributed by atoms with Crippen molar-refractivity contribution in [3.8, 4) is 0 Å². The fourth-order valence-electron chi connectivity index (χ4n) is 4.47. The molecule has 0 amide bonds. The second-order valence-corrected chi connectivity index (χ2v) is 8.69. The summed E-state index contributed by atoms with van der Waals surface area (Å²) < 4.78 is 3.44. The van der Waals surface area contributed by atoms with E-state index in [1.165, 1.54) is 5.56 Å². The molecule has 32 heavy (non-hydrogen) atoms. The van der Waals surface area contributed by atoms with E-state index in [4.69, 9.17) is 15.9 Å². The number of likely N-dealkylation sites (tertiary alicyclic amines) is 1.